The van der Waals surface area contributed by atoms with E-state index in [1.54, 1.807) is 36.7 Å². The Balaban J connectivity index is 1.72. The van der Waals surface area contributed by atoms with Gasteiger partial charge >= 0.3 is 6.03 Å². The van der Waals surface area contributed by atoms with Gasteiger partial charge in [0.1, 0.15) is 5.69 Å². The van der Waals surface area contributed by atoms with Crippen LogP contribution in [0.4, 0.5) is 10.5 Å². The molecule has 4 N–H and O–H groups in total. The number of benzene rings is 2. The third kappa shape index (κ3) is 5.59. The predicted molar refractivity (Wildman–Crippen MR) is 127 cm³/mol. The summed E-state index contributed by atoms with van der Waals surface area (Å²) in [6.07, 6.45) is 0.289. The molecule has 3 rings (SSSR count). The quantitative estimate of drug-likeness (QED) is 0.384. The van der Waals surface area contributed by atoms with Crippen molar-refractivity contribution in [3.8, 4) is 0 Å². The first-order valence-electron chi connectivity index (χ1n) is 9.82. The van der Waals surface area contributed by atoms with Crippen LogP contribution in [0.25, 0.3) is 10.9 Å². The molecule has 33 heavy (non-hydrogen) atoms. The number of urea groups is 1. The fourth-order valence-electron chi connectivity index (χ4n) is 3.18. The monoisotopic (exact) mass is 512 g/mol. The summed E-state index contributed by atoms with van der Waals surface area (Å²) in [5, 5.41) is 15.3. The second-order valence-electron chi connectivity index (χ2n) is 7.35. The summed E-state index contributed by atoms with van der Waals surface area (Å²) in [6, 6.07) is 9.07. The van der Waals surface area contributed by atoms with Crippen LogP contribution in [0.3, 0.4) is 0 Å². The highest BCUT2D eigenvalue weighted by Crippen LogP contribution is 2.32. The molecule has 9 nitrogen and oxygen atoms in total. The Labute approximate surface area is 200 Å². The van der Waals surface area contributed by atoms with Crippen LogP contribution in [0.5, 0.6) is 0 Å². The molecule has 3 amide bonds. The van der Waals surface area contributed by atoms with Gasteiger partial charge in [0.05, 0.1) is 14.9 Å². The van der Waals surface area contributed by atoms with Crippen LogP contribution in [-0.2, 0) is 17.1 Å². The number of aliphatic hydroxyl groups is 1. The molecule has 0 aliphatic rings. The number of sulfonamides is 1. The molecule has 0 fully saturated rings. The number of carbonyl (C=O) groups excluding carboxylic acids is 2. The minimum Gasteiger partial charge on any atom is -0.396 e. The Kier molecular flexibility index (Phi) is 7.53. The van der Waals surface area contributed by atoms with E-state index in [0.717, 1.165) is 5.52 Å². The Morgan fingerprint density at radius 2 is 1.79 bits per heavy atom. The number of halogens is 2. The van der Waals surface area contributed by atoms with E-state index >= 15 is 0 Å². The zero-order valence-electron chi connectivity index (χ0n) is 17.7. The lowest BCUT2D eigenvalue weighted by atomic mass is 10.2. The zero-order valence-corrected chi connectivity index (χ0v) is 20.1. The smallest absolute Gasteiger partial charge is 0.328 e. The summed E-state index contributed by atoms with van der Waals surface area (Å²) in [6.45, 7) is 1.50. The van der Waals surface area contributed by atoms with E-state index in [-0.39, 0.29) is 17.9 Å². The van der Waals surface area contributed by atoms with Crippen molar-refractivity contribution in [2.75, 3.05) is 11.9 Å². The summed E-state index contributed by atoms with van der Waals surface area (Å²) in [5.74, 6) is -0.424. The van der Waals surface area contributed by atoms with Gasteiger partial charge in [0.25, 0.3) is 15.9 Å². The van der Waals surface area contributed by atoms with Crippen molar-refractivity contribution >= 4 is 61.8 Å². The van der Waals surface area contributed by atoms with Gasteiger partial charge in [-0.05, 0) is 55.8 Å². The summed E-state index contributed by atoms with van der Waals surface area (Å²) < 4.78 is 28.4. The number of aryl methyl sites for hydroxylation is 1. The van der Waals surface area contributed by atoms with E-state index in [9.17, 15) is 18.0 Å². The predicted octanol–water partition coefficient (Wildman–Crippen LogP) is 3.50. The lowest BCUT2D eigenvalue weighted by Gasteiger charge is -2.14. The fraction of sp³-hybridized carbons (Fsp3) is 0.238. The summed E-state index contributed by atoms with van der Waals surface area (Å²) >= 11 is 12.3. The number of hydrogen-bond acceptors (Lipinski definition) is 5. The number of carbonyl (C=O) groups is 2. The van der Waals surface area contributed by atoms with E-state index < -0.39 is 28.0 Å². The number of aromatic nitrogens is 1. The van der Waals surface area contributed by atoms with Crippen molar-refractivity contribution in [2.24, 2.45) is 7.05 Å². The molecule has 12 heteroatoms. The van der Waals surface area contributed by atoms with E-state index in [1.165, 1.54) is 24.3 Å². The molecule has 0 saturated heterocycles. The van der Waals surface area contributed by atoms with Gasteiger partial charge in [-0.2, -0.15) is 0 Å². The molecule has 1 atom stereocenters. The molecule has 0 aliphatic carbocycles. The van der Waals surface area contributed by atoms with Crippen LogP contribution in [0, 0.1) is 0 Å². The minimum atomic E-state index is -4.12. The van der Waals surface area contributed by atoms with Crippen LogP contribution in [0.1, 0.15) is 23.8 Å². The van der Waals surface area contributed by atoms with Gasteiger partial charge in [-0.25, -0.2) is 17.9 Å². The summed E-state index contributed by atoms with van der Waals surface area (Å²) in [5.41, 5.74) is 1.42. The first-order valence-corrected chi connectivity index (χ1v) is 12.1. The normalized spacial score (nSPS) is 12.4. The Morgan fingerprint density at radius 1 is 1.12 bits per heavy atom. The highest BCUT2D eigenvalue weighted by atomic mass is 35.5. The van der Waals surface area contributed by atoms with Crippen LogP contribution in [0.15, 0.2) is 47.4 Å². The van der Waals surface area contributed by atoms with Crippen LogP contribution >= 0.6 is 23.2 Å². The number of anilines is 1. The summed E-state index contributed by atoms with van der Waals surface area (Å²) in [4.78, 5) is 24.5. The van der Waals surface area contributed by atoms with Crippen LogP contribution < -0.4 is 15.4 Å². The van der Waals surface area contributed by atoms with Crippen LogP contribution in [0.2, 0.25) is 10.0 Å². The molecule has 0 spiro atoms. The molecular formula is C21H22Cl2N4O5S. The van der Waals surface area contributed by atoms with E-state index in [0.29, 0.717) is 26.8 Å². The van der Waals surface area contributed by atoms with Gasteiger partial charge in [-0.1, -0.05) is 23.2 Å². The van der Waals surface area contributed by atoms with Gasteiger partial charge < -0.3 is 20.3 Å². The number of fused-ring (bicyclic) bond motifs is 1. The van der Waals surface area contributed by atoms with Crippen molar-refractivity contribution in [3.63, 3.8) is 0 Å². The van der Waals surface area contributed by atoms with Crippen molar-refractivity contribution in [1.29, 1.82) is 0 Å². The van der Waals surface area contributed by atoms with Crippen molar-refractivity contribution in [1.82, 2.24) is 14.6 Å². The van der Waals surface area contributed by atoms with Crippen molar-refractivity contribution in [3.05, 3.63) is 58.2 Å². The lowest BCUT2D eigenvalue weighted by Crippen LogP contribution is -2.43. The standard InChI is InChI=1S/C21H22Cl2N4O5S/c1-12(9-10-28)24-21(30)26-33(31,32)14-5-3-13(4-6-14)25-20(29)18-11-15-17(27(18)2)8-7-16(22)19(15)23/h3-8,11-12,28H,9-10H2,1-2H3,(H,25,29)(H2,24,26,30). The van der Waals surface area contributed by atoms with Gasteiger partial charge in [-0.15, -0.1) is 0 Å². The van der Waals surface area contributed by atoms with Gasteiger partial charge in [-0.3, -0.25) is 4.79 Å². The molecule has 1 unspecified atom stereocenters. The Hall–Kier alpha value is -2.79. The average Bonchev–Trinajstić information content (AvgIpc) is 3.08. The lowest BCUT2D eigenvalue weighted by molar-refractivity contribution is 0.101. The highest BCUT2D eigenvalue weighted by Gasteiger charge is 2.20. The molecule has 2 aromatic carbocycles. The maximum Gasteiger partial charge on any atom is 0.328 e. The fourth-order valence-corrected chi connectivity index (χ4v) is 4.47. The molecular weight excluding hydrogens is 491 g/mol. The summed E-state index contributed by atoms with van der Waals surface area (Å²) in [7, 11) is -2.40. The number of amides is 3. The molecule has 1 heterocycles. The van der Waals surface area contributed by atoms with Crippen molar-refractivity contribution in [2.45, 2.75) is 24.3 Å². The number of nitrogens with zero attached hydrogens (tertiary/aromatic N) is 1. The Bertz CT molecular complexity index is 1310. The number of hydrogen-bond donors (Lipinski definition) is 4. The molecule has 0 saturated carbocycles. The van der Waals surface area contributed by atoms with E-state index in [1.807, 2.05) is 4.72 Å². The third-order valence-electron chi connectivity index (χ3n) is 4.94. The van der Waals surface area contributed by atoms with Crippen molar-refractivity contribution < 1.29 is 23.1 Å². The zero-order chi connectivity index (χ0) is 24.3. The Morgan fingerprint density at radius 3 is 2.42 bits per heavy atom. The van der Waals surface area contributed by atoms with Gasteiger partial charge in [0.2, 0.25) is 0 Å². The molecule has 1 aromatic heterocycles. The second-order valence-corrected chi connectivity index (χ2v) is 9.82. The van der Waals surface area contributed by atoms with E-state index in [4.69, 9.17) is 28.3 Å². The minimum absolute atomic E-state index is 0.138. The molecule has 0 bridgehead atoms. The molecule has 0 radical (unpaired) electrons. The largest absolute Gasteiger partial charge is 0.396 e. The molecule has 3 aromatic rings. The SMILES string of the molecule is CC(CCO)NC(=O)NS(=O)(=O)c1ccc(NC(=O)c2cc3c(Cl)c(Cl)ccc3n2C)cc1. The topological polar surface area (TPSA) is 130 Å². The molecule has 176 valence electrons. The maximum atomic E-state index is 12.8. The van der Waals surface area contributed by atoms with E-state index in [2.05, 4.69) is 10.6 Å². The highest BCUT2D eigenvalue weighted by molar-refractivity contribution is 7.90. The molecule has 0 aliphatic heterocycles. The van der Waals surface area contributed by atoms with Gasteiger partial charge in [0.15, 0.2) is 0 Å². The number of rotatable bonds is 7. The first-order chi connectivity index (χ1) is 15.5. The second kappa shape index (κ2) is 10.0. The van der Waals surface area contributed by atoms with Crippen LogP contribution in [-0.4, -0.2) is 42.7 Å². The van der Waals surface area contributed by atoms with Gasteiger partial charge in [0, 0.05) is 36.3 Å². The third-order valence-corrected chi connectivity index (χ3v) is 7.10. The average molecular weight is 513 g/mol. The number of nitrogens with one attached hydrogen (secondary N) is 3. The first kappa shape index (κ1) is 24.8. The number of aliphatic hydroxyl groups excluding tert-OH is 1. The maximum absolute atomic E-state index is 12.8.